The van der Waals surface area contributed by atoms with Crippen molar-refractivity contribution in [3.8, 4) is 17.2 Å². The van der Waals surface area contributed by atoms with Crippen molar-refractivity contribution in [3.05, 3.63) is 89.4 Å². The Kier molecular flexibility index (Phi) is 4.62. The van der Waals surface area contributed by atoms with Gasteiger partial charge in [0.05, 0.1) is 0 Å². The second-order valence-electron chi connectivity index (χ2n) is 4.81. The SMILES string of the molecule is Clc1cccc(Oc2cccc(OCc3ccccc3)c2)c1. The summed E-state index contributed by atoms with van der Waals surface area (Å²) in [5.41, 5.74) is 1.13. The van der Waals surface area contributed by atoms with Gasteiger partial charge in [0.2, 0.25) is 0 Å². The molecule has 3 aromatic rings. The molecule has 0 bridgehead atoms. The smallest absolute Gasteiger partial charge is 0.131 e. The minimum absolute atomic E-state index is 0.529. The molecule has 0 saturated heterocycles. The van der Waals surface area contributed by atoms with E-state index in [0.29, 0.717) is 23.1 Å². The Labute approximate surface area is 134 Å². The monoisotopic (exact) mass is 310 g/mol. The third-order valence-corrected chi connectivity index (χ3v) is 3.32. The molecule has 0 saturated carbocycles. The first kappa shape index (κ1) is 14.5. The van der Waals surface area contributed by atoms with Gasteiger partial charge in [0.1, 0.15) is 23.9 Å². The van der Waals surface area contributed by atoms with Gasteiger partial charge in [0.15, 0.2) is 0 Å². The van der Waals surface area contributed by atoms with Gasteiger partial charge in [0, 0.05) is 11.1 Å². The predicted octanol–water partition coefficient (Wildman–Crippen LogP) is 5.71. The van der Waals surface area contributed by atoms with Gasteiger partial charge in [-0.25, -0.2) is 0 Å². The van der Waals surface area contributed by atoms with Crippen LogP contribution < -0.4 is 9.47 Å². The molecular weight excluding hydrogens is 296 g/mol. The van der Waals surface area contributed by atoms with Gasteiger partial charge < -0.3 is 9.47 Å². The summed E-state index contributed by atoms with van der Waals surface area (Å²) in [6, 6.07) is 24.9. The Hall–Kier alpha value is -2.45. The highest BCUT2D eigenvalue weighted by molar-refractivity contribution is 6.30. The van der Waals surface area contributed by atoms with Crippen molar-refractivity contribution >= 4 is 11.6 Å². The van der Waals surface area contributed by atoms with Gasteiger partial charge in [-0.05, 0) is 35.9 Å². The topological polar surface area (TPSA) is 18.5 Å². The van der Waals surface area contributed by atoms with Gasteiger partial charge in [-0.15, -0.1) is 0 Å². The number of ether oxygens (including phenoxy) is 2. The van der Waals surface area contributed by atoms with Crippen LogP contribution in [-0.2, 0) is 6.61 Å². The van der Waals surface area contributed by atoms with E-state index in [0.717, 1.165) is 11.3 Å². The van der Waals surface area contributed by atoms with E-state index in [2.05, 4.69) is 0 Å². The minimum Gasteiger partial charge on any atom is -0.489 e. The lowest BCUT2D eigenvalue weighted by Gasteiger charge is -2.09. The van der Waals surface area contributed by atoms with E-state index in [1.165, 1.54) is 0 Å². The maximum absolute atomic E-state index is 5.96. The summed E-state index contributed by atoms with van der Waals surface area (Å²) < 4.78 is 11.6. The molecule has 0 fully saturated rings. The zero-order valence-electron chi connectivity index (χ0n) is 11.9. The molecule has 0 unspecified atom stereocenters. The Balaban J connectivity index is 1.67. The fourth-order valence-electron chi connectivity index (χ4n) is 2.03. The predicted molar refractivity (Wildman–Crippen MR) is 88.7 cm³/mol. The van der Waals surface area contributed by atoms with Crippen LogP contribution in [0.15, 0.2) is 78.9 Å². The van der Waals surface area contributed by atoms with Crippen molar-refractivity contribution in [2.45, 2.75) is 6.61 Å². The maximum Gasteiger partial charge on any atom is 0.131 e. The summed E-state index contributed by atoms with van der Waals surface area (Å²) in [7, 11) is 0. The van der Waals surface area contributed by atoms with Crippen LogP contribution in [0.5, 0.6) is 17.2 Å². The van der Waals surface area contributed by atoms with Crippen LogP contribution in [0.2, 0.25) is 5.02 Å². The van der Waals surface area contributed by atoms with Crippen molar-refractivity contribution in [3.63, 3.8) is 0 Å². The molecule has 0 N–H and O–H groups in total. The lowest BCUT2D eigenvalue weighted by molar-refractivity contribution is 0.304. The van der Waals surface area contributed by atoms with Crippen molar-refractivity contribution < 1.29 is 9.47 Å². The first-order chi connectivity index (χ1) is 10.8. The molecule has 3 rings (SSSR count). The van der Waals surface area contributed by atoms with Crippen molar-refractivity contribution in [2.24, 2.45) is 0 Å². The van der Waals surface area contributed by atoms with E-state index >= 15 is 0 Å². The summed E-state index contributed by atoms with van der Waals surface area (Å²) in [6.07, 6.45) is 0. The summed E-state index contributed by atoms with van der Waals surface area (Å²) in [5, 5.41) is 0.647. The molecule has 0 amide bonds. The van der Waals surface area contributed by atoms with Gasteiger partial charge in [-0.2, -0.15) is 0 Å². The normalized spacial score (nSPS) is 10.2. The van der Waals surface area contributed by atoms with E-state index in [9.17, 15) is 0 Å². The molecule has 0 spiro atoms. The first-order valence-corrected chi connectivity index (χ1v) is 7.37. The fraction of sp³-hybridized carbons (Fsp3) is 0.0526. The Morgan fingerprint density at radius 1 is 0.682 bits per heavy atom. The van der Waals surface area contributed by atoms with Gasteiger partial charge in [0.25, 0.3) is 0 Å². The maximum atomic E-state index is 5.96. The molecule has 0 aliphatic rings. The lowest BCUT2D eigenvalue weighted by Crippen LogP contribution is -1.95. The third-order valence-electron chi connectivity index (χ3n) is 3.09. The van der Waals surface area contributed by atoms with Crippen LogP contribution in [0.25, 0.3) is 0 Å². The number of hydrogen-bond donors (Lipinski definition) is 0. The number of rotatable bonds is 5. The standard InChI is InChI=1S/C19H15ClO2/c20-16-8-4-10-18(12-16)22-19-11-5-9-17(13-19)21-14-15-6-2-1-3-7-15/h1-13H,14H2. The zero-order valence-corrected chi connectivity index (χ0v) is 12.7. The summed E-state index contributed by atoms with van der Waals surface area (Å²) in [6.45, 7) is 0.529. The highest BCUT2D eigenvalue weighted by Gasteiger charge is 2.01. The number of benzene rings is 3. The highest BCUT2D eigenvalue weighted by atomic mass is 35.5. The van der Waals surface area contributed by atoms with E-state index in [1.807, 2.05) is 72.8 Å². The average molecular weight is 311 g/mol. The van der Waals surface area contributed by atoms with Crippen molar-refractivity contribution in [2.75, 3.05) is 0 Å². The molecule has 0 radical (unpaired) electrons. The molecule has 0 atom stereocenters. The van der Waals surface area contributed by atoms with Crippen LogP contribution in [0.3, 0.4) is 0 Å². The van der Waals surface area contributed by atoms with E-state index in [1.54, 1.807) is 6.07 Å². The molecule has 110 valence electrons. The molecular formula is C19H15ClO2. The summed E-state index contributed by atoms with van der Waals surface area (Å²) in [4.78, 5) is 0. The molecule has 0 aromatic heterocycles. The van der Waals surface area contributed by atoms with Crippen LogP contribution >= 0.6 is 11.6 Å². The molecule has 0 heterocycles. The quantitative estimate of drug-likeness (QED) is 0.601. The Morgan fingerprint density at radius 3 is 2.14 bits per heavy atom. The Morgan fingerprint density at radius 2 is 1.36 bits per heavy atom. The highest BCUT2D eigenvalue weighted by Crippen LogP contribution is 2.27. The molecule has 22 heavy (non-hydrogen) atoms. The summed E-state index contributed by atoms with van der Waals surface area (Å²) in [5.74, 6) is 2.18. The van der Waals surface area contributed by atoms with Crippen LogP contribution in [0, 0.1) is 0 Å². The molecule has 3 aromatic carbocycles. The second kappa shape index (κ2) is 7.01. The largest absolute Gasteiger partial charge is 0.489 e. The summed E-state index contributed by atoms with van der Waals surface area (Å²) >= 11 is 5.96. The van der Waals surface area contributed by atoms with Gasteiger partial charge in [-0.1, -0.05) is 54.1 Å². The molecule has 0 aliphatic heterocycles. The molecule has 0 aliphatic carbocycles. The second-order valence-corrected chi connectivity index (χ2v) is 5.25. The van der Waals surface area contributed by atoms with Crippen molar-refractivity contribution in [1.82, 2.24) is 0 Å². The van der Waals surface area contributed by atoms with Crippen LogP contribution in [-0.4, -0.2) is 0 Å². The first-order valence-electron chi connectivity index (χ1n) is 7.00. The van der Waals surface area contributed by atoms with E-state index in [4.69, 9.17) is 21.1 Å². The average Bonchev–Trinajstić information content (AvgIpc) is 2.54. The van der Waals surface area contributed by atoms with Gasteiger partial charge in [-0.3, -0.25) is 0 Å². The van der Waals surface area contributed by atoms with Crippen LogP contribution in [0.4, 0.5) is 0 Å². The number of hydrogen-bond acceptors (Lipinski definition) is 2. The van der Waals surface area contributed by atoms with Crippen LogP contribution in [0.1, 0.15) is 5.56 Å². The Bertz CT molecular complexity index is 741. The molecule has 2 nitrogen and oxygen atoms in total. The number of halogens is 1. The van der Waals surface area contributed by atoms with E-state index in [-0.39, 0.29) is 0 Å². The van der Waals surface area contributed by atoms with E-state index < -0.39 is 0 Å². The molecule has 3 heteroatoms. The zero-order chi connectivity index (χ0) is 15.2. The lowest BCUT2D eigenvalue weighted by atomic mass is 10.2. The third kappa shape index (κ3) is 4.03. The minimum atomic E-state index is 0.529. The van der Waals surface area contributed by atoms with Gasteiger partial charge >= 0.3 is 0 Å². The van der Waals surface area contributed by atoms with Crippen molar-refractivity contribution in [1.29, 1.82) is 0 Å². The fourth-order valence-corrected chi connectivity index (χ4v) is 2.22.